The first kappa shape index (κ1) is 12.7. The van der Waals surface area contributed by atoms with Crippen molar-refractivity contribution in [1.82, 2.24) is 4.98 Å². The summed E-state index contributed by atoms with van der Waals surface area (Å²) in [4.78, 5) is 14.0. The molecule has 5 nitrogen and oxygen atoms in total. The molecule has 1 unspecified atom stereocenters. The third-order valence-electron chi connectivity index (χ3n) is 1.94. The van der Waals surface area contributed by atoms with Gasteiger partial charge in [-0.3, -0.25) is 0 Å². The van der Waals surface area contributed by atoms with E-state index in [0.717, 1.165) is 0 Å². The van der Waals surface area contributed by atoms with Crippen LogP contribution in [-0.2, 0) is 0 Å². The van der Waals surface area contributed by atoms with Crippen LogP contribution in [0.1, 0.15) is 12.6 Å². The molecule has 0 radical (unpaired) electrons. The Morgan fingerprint density at radius 3 is 2.88 bits per heavy atom. The van der Waals surface area contributed by atoms with E-state index in [4.69, 9.17) is 16.3 Å². The van der Waals surface area contributed by atoms with Crippen molar-refractivity contribution in [2.75, 3.05) is 12.5 Å². The Hall–Kier alpha value is -1.36. The monoisotopic (exact) mass is 244 g/mol. The van der Waals surface area contributed by atoms with Gasteiger partial charge in [-0.25, -0.2) is 0 Å². The number of halogens is 1. The quantitative estimate of drug-likeness (QED) is 0.454. The second kappa shape index (κ2) is 5.65. The molecule has 0 saturated carbocycles. The lowest BCUT2D eigenvalue weighted by molar-refractivity contribution is -0.390. The van der Waals surface area contributed by atoms with Crippen molar-refractivity contribution in [3.05, 3.63) is 27.9 Å². The number of alkyl halides is 1. The van der Waals surface area contributed by atoms with Gasteiger partial charge in [0.1, 0.15) is 5.69 Å². The second-order valence-electron chi connectivity index (χ2n) is 3.60. The van der Waals surface area contributed by atoms with Crippen molar-refractivity contribution in [2.45, 2.75) is 13.8 Å². The number of aryl methyl sites for hydroxylation is 1. The number of ether oxygens (including phenoxy) is 1. The molecule has 0 spiro atoms. The summed E-state index contributed by atoms with van der Waals surface area (Å²) in [5, 5.41) is 10.7. The highest BCUT2D eigenvalue weighted by Gasteiger charge is 2.18. The Balaban J connectivity index is 2.82. The minimum Gasteiger partial charge on any atom is -0.485 e. The van der Waals surface area contributed by atoms with Gasteiger partial charge in [-0.2, -0.15) is 0 Å². The van der Waals surface area contributed by atoms with Crippen molar-refractivity contribution in [2.24, 2.45) is 5.92 Å². The van der Waals surface area contributed by atoms with Crippen LogP contribution >= 0.6 is 11.6 Å². The van der Waals surface area contributed by atoms with E-state index >= 15 is 0 Å². The minimum absolute atomic E-state index is 0.141. The fraction of sp³-hybridized carbons (Fsp3) is 0.500. The van der Waals surface area contributed by atoms with Crippen LogP contribution in [0.5, 0.6) is 5.75 Å². The van der Waals surface area contributed by atoms with Gasteiger partial charge in [0, 0.05) is 18.7 Å². The zero-order chi connectivity index (χ0) is 12.1. The molecule has 1 heterocycles. The van der Waals surface area contributed by atoms with Crippen LogP contribution in [0.25, 0.3) is 0 Å². The van der Waals surface area contributed by atoms with E-state index in [9.17, 15) is 10.1 Å². The Morgan fingerprint density at radius 1 is 1.62 bits per heavy atom. The van der Waals surface area contributed by atoms with Crippen LogP contribution in [0, 0.1) is 23.0 Å². The minimum atomic E-state index is -0.548. The van der Waals surface area contributed by atoms with E-state index in [1.807, 2.05) is 6.92 Å². The summed E-state index contributed by atoms with van der Waals surface area (Å²) in [6, 6.07) is 3.23. The molecular formula is C10H13ClN2O3. The summed E-state index contributed by atoms with van der Waals surface area (Å²) in [7, 11) is 0. The smallest absolute Gasteiger partial charge is 0.406 e. The molecule has 0 aliphatic heterocycles. The van der Waals surface area contributed by atoms with Gasteiger partial charge in [-0.15, -0.1) is 11.6 Å². The van der Waals surface area contributed by atoms with E-state index < -0.39 is 4.92 Å². The zero-order valence-electron chi connectivity index (χ0n) is 9.14. The SMILES string of the molecule is Cc1ccc(OCC(C)CCl)c([N+](=O)[O-])n1. The summed E-state index contributed by atoms with van der Waals surface area (Å²) in [6.07, 6.45) is 0. The maximum atomic E-state index is 10.7. The largest absolute Gasteiger partial charge is 0.485 e. The van der Waals surface area contributed by atoms with Gasteiger partial charge < -0.3 is 14.9 Å². The Bertz CT molecular complexity index is 384. The predicted molar refractivity (Wildman–Crippen MR) is 61.0 cm³/mol. The molecule has 1 aromatic rings. The summed E-state index contributed by atoms with van der Waals surface area (Å²) in [5.41, 5.74) is 0.587. The fourth-order valence-electron chi connectivity index (χ4n) is 1.05. The molecule has 88 valence electrons. The van der Waals surface area contributed by atoms with E-state index in [-0.39, 0.29) is 17.5 Å². The van der Waals surface area contributed by atoms with Gasteiger partial charge in [0.25, 0.3) is 0 Å². The van der Waals surface area contributed by atoms with Crippen LogP contribution in [0.15, 0.2) is 12.1 Å². The number of nitro groups is 1. The first-order valence-electron chi connectivity index (χ1n) is 4.85. The molecule has 6 heteroatoms. The molecule has 16 heavy (non-hydrogen) atoms. The van der Waals surface area contributed by atoms with Gasteiger partial charge in [0.05, 0.1) is 6.61 Å². The van der Waals surface area contributed by atoms with Crippen molar-refractivity contribution in [3.63, 3.8) is 0 Å². The molecule has 0 aliphatic carbocycles. The average Bonchev–Trinajstić information content (AvgIpc) is 2.26. The summed E-state index contributed by atoms with van der Waals surface area (Å²) >= 11 is 5.62. The topological polar surface area (TPSA) is 65.3 Å². The Labute approximate surface area is 98.5 Å². The predicted octanol–water partition coefficient (Wildman–Crippen LogP) is 2.55. The third-order valence-corrected chi connectivity index (χ3v) is 2.47. The molecule has 0 N–H and O–H groups in total. The van der Waals surface area contributed by atoms with Crippen LogP contribution in [0.2, 0.25) is 0 Å². The number of hydrogen-bond donors (Lipinski definition) is 0. The number of nitrogens with zero attached hydrogens (tertiary/aromatic N) is 2. The van der Waals surface area contributed by atoms with Gasteiger partial charge in [-0.1, -0.05) is 6.92 Å². The van der Waals surface area contributed by atoms with Crippen molar-refractivity contribution in [3.8, 4) is 5.75 Å². The Morgan fingerprint density at radius 2 is 2.31 bits per heavy atom. The van der Waals surface area contributed by atoms with Crippen LogP contribution in [0.4, 0.5) is 5.82 Å². The lowest BCUT2D eigenvalue weighted by Gasteiger charge is -2.09. The molecule has 0 aromatic carbocycles. The van der Waals surface area contributed by atoms with Crippen LogP contribution in [0.3, 0.4) is 0 Å². The van der Waals surface area contributed by atoms with Gasteiger partial charge in [-0.05, 0) is 22.0 Å². The van der Waals surface area contributed by atoms with Gasteiger partial charge in [0.2, 0.25) is 5.75 Å². The standard InChI is InChI=1S/C10H13ClN2O3/c1-7(5-11)6-16-9-4-3-8(2)12-10(9)13(14)15/h3-4,7H,5-6H2,1-2H3. The molecule has 0 fully saturated rings. The average molecular weight is 245 g/mol. The van der Waals surface area contributed by atoms with E-state index in [1.165, 1.54) is 0 Å². The highest BCUT2D eigenvalue weighted by Crippen LogP contribution is 2.24. The lowest BCUT2D eigenvalue weighted by atomic mass is 10.2. The van der Waals surface area contributed by atoms with Crippen LogP contribution < -0.4 is 4.74 Å². The third kappa shape index (κ3) is 3.34. The maximum Gasteiger partial charge on any atom is 0.406 e. The Kier molecular flexibility index (Phi) is 4.49. The van der Waals surface area contributed by atoms with Gasteiger partial charge >= 0.3 is 5.82 Å². The van der Waals surface area contributed by atoms with Crippen LogP contribution in [-0.4, -0.2) is 22.4 Å². The fourth-order valence-corrected chi connectivity index (χ4v) is 1.14. The number of rotatable bonds is 5. The lowest BCUT2D eigenvalue weighted by Crippen LogP contribution is -2.11. The highest BCUT2D eigenvalue weighted by molar-refractivity contribution is 6.18. The molecular weight excluding hydrogens is 232 g/mol. The maximum absolute atomic E-state index is 10.7. The number of hydrogen-bond acceptors (Lipinski definition) is 4. The highest BCUT2D eigenvalue weighted by atomic mass is 35.5. The second-order valence-corrected chi connectivity index (χ2v) is 3.91. The summed E-state index contributed by atoms with van der Waals surface area (Å²) in [5.74, 6) is 0.532. The van der Waals surface area contributed by atoms with E-state index in [2.05, 4.69) is 4.98 Å². The van der Waals surface area contributed by atoms with E-state index in [1.54, 1.807) is 19.1 Å². The van der Waals surface area contributed by atoms with Crippen molar-refractivity contribution < 1.29 is 9.66 Å². The first-order valence-corrected chi connectivity index (χ1v) is 5.39. The summed E-state index contributed by atoms with van der Waals surface area (Å²) < 4.78 is 5.32. The number of aromatic nitrogens is 1. The molecule has 1 aromatic heterocycles. The molecule has 0 aliphatic rings. The normalized spacial score (nSPS) is 12.2. The molecule has 0 saturated heterocycles. The molecule has 0 amide bonds. The number of pyridine rings is 1. The molecule has 1 rings (SSSR count). The zero-order valence-corrected chi connectivity index (χ0v) is 9.90. The molecule has 1 atom stereocenters. The molecule has 0 bridgehead atoms. The van der Waals surface area contributed by atoms with Crippen molar-refractivity contribution >= 4 is 17.4 Å². The van der Waals surface area contributed by atoms with E-state index in [0.29, 0.717) is 18.2 Å². The summed E-state index contributed by atoms with van der Waals surface area (Å²) in [6.45, 7) is 3.94. The first-order chi connectivity index (χ1) is 7.54. The van der Waals surface area contributed by atoms with Crippen molar-refractivity contribution in [1.29, 1.82) is 0 Å². The van der Waals surface area contributed by atoms with Gasteiger partial charge in [0.15, 0.2) is 0 Å².